The van der Waals surface area contributed by atoms with Crippen LogP contribution in [0, 0.1) is 11.3 Å². The zero-order chi connectivity index (χ0) is 20.4. The highest BCUT2D eigenvalue weighted by atomic mass is 16.2. The molecule has 4 rings (SSSR count). The molecule has 29 heavy (non-hydrogen) atoms. The fourth-order valence-corrected chi connectivity index (χ4v) is 4.03. The maximum absolute atomic E-state index is 12.8. The first-order valence-corrected chi connectivity index (χ1v) is 9.66. The third kappa shape index (κ3) is 3.49. The molecule has 2 heterocycles. The highest BCUT2D eigenvalue weighted by molar-refractivity contribution is 6.11. The Bertz CT molecular complexity index is 1020. The highest BCUT2D eigenvalue weighted by Gasteiger charge is 2.51. The van der Waals surface area contributed by atoms with E-state index in [0.717, 1.165) is 29.7 Å². The van der Waals surface area contributed by atoms with E-state index < -0.39 is 11.6 Å². The van der Waals surface area contributed by atoms with Crippen molar-refractivity contribution in [3.63, 3.8) is 0 Å². The summed E-state index contributed by atoms with van der Waals surface area (Å²) in [7, 11) is 0. The molecule has 1 saturated carbocycles. The first kappa shape index (κ1) is 18.8. The van der Waals surface area contributed by atoms with Crippen LogP contribution in [0.15, 0.2) is 42.6 Å². The summed E-state index contributed by atoms with van der Waals surface area (Å²) in [6.07, 6.45) is 5.53. The molecule has 1 aliphatic heterocycles. The quantitative estimate of drug-likeness (QED) is 0.640. The molecule has 0 bridgehead atoms. The van der Waals surface area contributed by atoms with Gasteiger partial charge in [0.25, 0.3) is 5.91 Å². The third-order valence-corrected chi connectivity index (χ3v) is 5.63. The van der Waals surface area contributed by atoms with Crippen molar-refractivity contribution in [2.45, 2.75) is 37.6 Å². The second kappa shape index (κ2) is 7.47. The molecule has 7 heteroatoms. The molecule has 1 aliphatic carbocycles. The molecule has 1 aromatic heterocycles. The van der Waals surface area contributed by atoms with Crippen LogP contribution in [-0.4, -0.2) is 39.7 Å². The number of carbonyl (C=O) groups is 3. The van der Waals surface area contributed by atoms with E-state index in [-0.39, 0.29) is 18.2 Å². The molecule has 0 atom stereocenters. The Morgan fingerprint density at radius 1 is 1.17 bits per heavy atom. The molecule has 3 amide bonds. The molecule has 2 aliphatic rings. The number of rotatable bonds is 4. The molecule has 1 spiro atoms. The summed E-state index contributed by atoms with van der Waals surface area (Å²) in [6.45, 7) is -0.294. The average molecular weight is 388 g/mol. The predicted molar refractivity (Wildman–Crippen MR) is 105 cm³/mol. The van der Waals surface area contributed by atoms with Gasteiger partial charge in [-0.1, -0.05) is 31.4 Å². The number of amides is 3. The summed E-state index contributed by atoms with van der Waals surface area (Å²) in [6, 6.07) is 11.9. The van der Waals surface area contributed by atoms with Gasteiger partial charge in [0.05, 0.1) is 23.9 Å². The van der Waals surface area contributed by atoms with Crippen LogP contribution in [0.5, 0.6) is 0 Å². The maximum Gasteiger partial charge on any atom is 0.325 e. The number of hydrogen-bond donors (Lipinski definition) is 1. The molecule has 2 fully saturated rings. The van der Waals surface area contributed by atoms with E-state index in [2.05, 4.69) is 16.4 Å². The van der Waals surface area contributed by atoms with E-state index in [9.17, 15) is 14.4 Å². The normalized spacial score (nSPS) is 17.8. The fraction of sp³-hybridized carbons (Fsp3) is 0.318. The smallest absolute Gasteiger partial charge is 0.323 e. The second-order valence-corrected chi connectivity index (χ2v) is 7.51. The van der Waals surface area contributed by atoms with Crippen molar-refractivity contribution in [1.29, 1.82) is 5.26 Å². The lowest BCUT2D eigenvalue weighted by Gasteiger charge is -2.30. The highest BCUT2D eigenvalue weighted by Crippen LogP contribution is 2.33. The Labute approximate surface area is 168 Å². The van der Waals surface area contributed by atoms with Gasteiger partial charge in [0.2, 0.25) is 0 Å². The van der Waals surface area contributed by atoms with Gasteiger partial charge in [0, 0.05) is 17.3 Å². The van der Waals surface area contributed by atoms with Crippen molar-refractivity contribution >= 4 is 17.7 Å². The number of pyridine rings is 1. The molecule has 146 valence electrons. The number of Topliss-reactive ketones (excluding diaryl/α,β-unsaturated/α-hetero) is 1. The number of hydrogen-bond acceptors (Lipinski definition) is 5. The number of imide groups is 1. The minimum Gasteiger partial charge on any atom is -0.323 e. The SMILES string of the molecule is N#Cc1cccc(-c2ccc(C(=O)CN3C(=O)NC4(CCCCC4)C3=O)cn2)c1. The standard InChI is InChI=1S/C22H20N4O3/c23-12-15-5-4-6-16(11-15)18-8-7-17(13-24-18)19(27)14-26-20(28)22(25-21(26)29)9-2-1-3-10-22/h4-8,11,13H,1-3,9-10,14H2,(H,25,29). The molecule has 1 aromatic carbocycles. The fourth-order valence-electron chi connectivity index (χ4n) is 4.03. The Hall–Kier alpha value is -3.53. The summed E-state index contributed by atoms with van der Waals surface area (Å²) in [5, 5.41) is 11.8. The van der Waals surface area contributed by atoms with Crippen molar-refractivity contribution in [2.75, 3.05) is 6.54 Å². The third-order valence-electron chi connectivity index (χ3n) is 5.63. The van der Waals surface area contributed by atoms with E-state index in [1.54, 1.807) is 30.3 Å². The molecular weight excluding hydrogens is 368 g/mol. The largest absolute Gasteiger partial charge is 0.325 e. The number of nitrogens with one attached hydrogen (secondary N) is 1. The van der Waals surface area contributed by atoms with Crippen molar-refractivity contribution in [2.24, 2.45) is 0 Å². The van der Waals surface area contributed by atoms with Crippen LogP contribution < -0.4 is 5.32 Å². The van der Waals surface area contributed by atoms with Gasteiger partial charge in [-0.25, -0.2) is 4.79 Å². The molecule has 2 aromatic rings. The van der Waals surface area contributed by atoms with E-state index in [4.69, 9.17) is 5.26 Å². The zero-order valence-corrected chi connectivity index (χ0v) is 15.9. The number of ketones is 1. The monoisotopic (exact) mass is 388 g/mol. The van der Waals surface area contributed by atoms with Gasteiger partial charge in [-0.15, -0.1) is 0 Å². The van der Waals surface area contributed by atoms with Crippen LogP contribution in [0.3, 0.4) is 0 Å². The number of aromatic nitrogens is 1. The molecule has 0 radical (unpaired) electrons. The first-order chi connectivity index (χ1) is 14.0. The van der Waals surface area contributed by atoms with Gasteiger partial charge in [-0.05, 0) is 37.1 Å². The Kier molecular flexibility index (Phi) is 4.85. The van der Waals surface area contributed by atoms with Crippen molar-refractivity contribution in [3.05, 3.63) is 53.7 Å². The van der Waals surface area contributed by atoms with E-state index >= 15 is 0 Å². The van der Waals surface area contributed by atoms with Crippen LogP contribution >= 0.6 is 0 Å². The Morgan fingerprint density at radius 2 is 1.97 bits per heavy atom. The first-order valence-electron chi connectivity index (χ1n) is 9.66. The molecular formula is C22H20N4O3. The van der Waals surface area contributed by atoms with E-state index in [1.807, 2.05) is 6.07 Å². The topological polar surface area (TPSA) is 103 Å². The summed E-state index contributed by atoms with van der Waals surface area (Å²) in [5.41, 5.74) is 1.44. The zero-order valence-electron chi connectivity index (χ0n) is 15.9. The van der Waals surface area contributed by atoms with Gasteiger partial charge < -0.3 is 5.32 Å². The number of urea groups is 1. The lowest BCUT2D eigenvalue weighted by atomic mass is 9.82. The van der Waals surface area contributed by atoms with Crippen molar-refractivity contribution in [3.8, 4) is 17.3 Å². The number of carbonyl (C=O) groups excluding carboxylic acids is 3. The predicted octanol–water partition coefficient (Wildman–Crippen LogP) is 3.06. The van der Waals surface area contributed by atoms with E-state index in [1.165, 1.54) is 6.20 Å². The molecule has 0 unspecified atom stereocenters. The van der Waals surface area contributed by atoms with Crippen LogP contribution in [-0.2, 0) is 4.79 Å². The Balaban J connectivity index is 1.48. The van der Waals surface area contributed by atoms with Crippen LogP contribution in [0.1, 0.15) is 48.0 Å². The minimum atomic E-state index is -0.830. The number of benzene rings is 1. The molecule has 7 nitrogen and oxygen atoms in total. The van der Waals surface area contributed by atoms with E-state index in [0.29, 0.717) is 29.7 Å². The second-order valence-electron chi connectivity index (χ2n) is 7.51. The van der Waals surface area contributed by atoms with Crippen molar-refractivity contribution in [1.82, 2.24) is 15.2 Å². The van der Waals surface area contributed by atoms with Crippen LogP contribution in [0.2, 0.25) is 0 Å². The van der Waals surface area contributed by atoms with Gasteiger partial charge in [0.15, 0.2) is 5.78 Å². The lowest BCUT2D eigenvalue weighted by molar-refractivity contribution is -0.132. The summed E-state index contributed by atoms with van der Waals surface area (Å²) < 4.78 is 0. The minimum absolute atomic E-state index is 0.294. The Morgan fingerprint density at radius 3 is 2.66 bits per heavy atom. The van der Waals surface area contributed by atoms with Gasteiger partial charge in [-0.3, -0.25) is 19.5 Å². The van der Waals surface area contributed by atoms with Gasteiger partial charge in [-0.2, -0.15) is 5.26 Å². The maximum atomic E-state index is 12.8. The van der Waals surface area contributed by atoms with Gasteiger partial charge >= 0.3 is 6.03 Å². The summed E-state index contributed by atoms with van der Waals surface area (Å²) in [4.78, 5) is 43.1. The average Bonchev–Trinajstić information content (AvgIpc) is 2.98. The van der Waals surface area contributed by atoms with Crippen LogP contribution in [0.4, 0.5) is 4.79 Å². The molecule has 1 saturated heterocycles. The number of nitrogens with zero attached hydrogens (tertiary/aromatic N) is 3. The molecule has 1 N–H and O–H groups in total. The van der Waals surface area contributed by atoms with Crippen LogP contribution in [0.25, 0.3) is 11.3 Å². The summed E-state index contributed by atoms with van der Waals surface area (Å²) in [5.74, 6) is -0.639. The van der Waals surface area contributed by atoms with Gasteiger partial charge in [0.1, 0.15) is 5.54 Å². The lowest BCUT2D eigenvalue weighted by Crippen LogP contribution is -2.48. The summed E-state index contributed by atoms with van der Waals surface area (Å²) >= 11 is 0. The number of nitriles is 1. The van der Waals surface area contributed by atoms with Crippen molar-refractivity contribution < 1.29 is 14.4 Å².